The van der Waals surface area contributed by atoms with Crippen molar-refractivity contribution in [1.82, 2.24) is 16.0 Å². The lowest BCUT2D eigenvalue weighted by Gasteiger charge is -2.24. The molecular formula is C19H33N5O10. The van der Waals surface area contributed by atoms with Gasteiger partial charge in [0, 0.05) is 12.8 Å². The second kappa shape index (κ2) is 16.3. The molecular weight excluding hydrogens is 458 g/mol. The average Bonchev–Trinajstić information content (AvgIpc) is 2.76. The molecule has 15 heteroatoms. The second-order valence-electron chi connectivity index (χ2n) is 7.46. The van der Waals surface area contributed by atoms with Gasteiger partial charge in [-0.25, -0.2) is 4.79 Å². The van der Waals surface area contributed by atoms with Gasteiger partial charge in [-0.1, -0.05) is 6.42 Å². The lowest BCUT2D eigenvalue weighted by Crippen LogP contribution is -2.57. The van der Waals surface area contributed by atoms with E-state index in [9.17, 15) is 28.8 Å². The number of rotatable bonds is 18. The zero-order valence-corrected chi connectivity index (χ0v) is 18.6. The second-order valence-corrected chi connectivity index (χ2v) is 7.46. The molecule has 0 aromatic heterocycles. The highest BCUT2D eigenvalue weighted by Gasteiger charge is 2.30. The van der Waals surface area contributed by atoms with Crippen LogP contribution in [0.3, 0.4) is 0 Å². The van der Waals surface area contributed by atoms with Crippen LogP contribution in [-0.4, -0.2) is 93.4 Å². The van der Waals surface area contributed by atoms with Crippen LogP contribution in [0.25, 0.3) is 0 Å². The maximum atomic E-state index is 12.8. The standard InChI is InChI=1S/C19H33N5O10/c20-8-2-1-3-10(21)16(30)22-11(4-6-14(26)27)17(31)23-12(5-7-15(28)29)18(32)24-13(9-25)19(33)34/h10-13,25H,1-9,20-21H2,(H,22,30)(H,23,31)(H,24,32)(H,26,27)(H,28,29)(H,33,34). The minimum atomic E-state index is -1.70. The third-order valence-electron chi connectivity index (χ3n) is 4.66. The van der Waals surface area contributed by atoms with Crippen molar-refractivity contribution in [2.24, 2.45) is 11.5 Å². The van der Waals surface area contributed by atoms with E-state index in [4.69, 9.17) is 31.9 Å². The predicted octanol–water partition coefficient (Wildman–Crippen LogP) is -3.30. The van der Waals surface area contributed by atoms with Gasteiger partial charge in [0.05, 0.1) is 12.6 Å². The van der Waals surface area contributed by atoms with Gasteiger partial charge < -0.3 is 47.8 Å². The Hall–Kier alpha value is -3.30. The van der Waals surface area contributed by atoms with Crippen molar-refractivity contribution in [3.05, 3.63) is 0 Å². The highest BCUT2D eigenvalue weighted by molar-refractivity contribution is 5.94. The van der Waals surface area contributed by atoms with E-state index in [1.165, 1.54) is 0 Å². The van der Waals surface area contributed by atoms with Gasteiger partial charge in [0.15, 0.2) is 0 Å². The first-order valence-electron chi connectivity index (χ1n) is 10.6. The van der Waals surface area contributed by atoms with E-state index in [2.05, 4.69) is 10.6 Å². The summed E-state index contributed by atoms with van der Waals surface area (Å²) in [6, 6.07) is -5.67. The molecule has 0 aliphatic carbocycles. The van der Waals surface area contributed by atoms with Gasteiger partial charge in [-0.15, -0.1) is 0 Å². The van der Waals surface area contributed by atoms with Crippen LogP contribution in [0.5, 0.6) is 0 Å². The Labute approximate surface area is 195 Å². The van der Waals surface area contributed by atoms with Gasteiger partial charge in [-0.05, 0) is 32.2 Å². The van der Waals surface area contributed by atoms with Crippen molar-refractivity contribution < 1.29 is 49.2 Å². The molecule has 0 fully saturated rings. The van der Waals surface area contributed by atoms with Crippen LogP contribution in [-0.2, 0) is 28.8 Å². The molecule has 0 spiro atoms. The summed E-state index contributed by atoms with van der Waals surface area (Å²) in [5.41, 5.74) is 11.2. The number of nitrogens with two attached hydrogens (primary N) is 2. The predicted molar refractivity (Wildman–Crippen MR) is 115 cm³/mol. The van der Waals surface area contributed by atoms with Crippen molar-refractivity contribution in [1.29, 1.82) is 0 Å². The Morgan fingerprint density at radius 3 is 1.50 bits per heavy atom. The van der Waals surface area contributed by atoms with E-state index in [1.54, 1.807) is 0 Å². The Bertz CT molecular complexity index is 732. The smallest absolute Gasteiger partial charge is 0.328 e. The van der Waals surface area contributed by atoms with Gasteiger partial charge in [0.2, 0.25) is 17.7 Å². The van der Waals surface area contributed by atoms with E-state index in [0.717, 1.165) is 0 Å². The first-order chi connectivity index (χ1) is 15.9. The number of aliphatic carboxylic acids is 3. The fraction of sp³-hybridized carbons (Fsp3) is 0.684. The molecule has 0 aromatic rings. The van der Waals surface area contributed by atoms with Crippen LogP contribution in [0.15, 0.2) is 0 Å². The number of amides is 3. The third-order valence-corrected chi connectivity index (χ3v) is 4.66. The number of nitrogens with one attached hydrogen (secondary N) is 3. The number of carboxylic acid groups (broad SMARTS) is 3. The van der Waals surface area contributed by atoms with Crippen LogP contribution in [0, 0.1) is 0 Å². The van der Waals surface area contributed by atoms with Crippen molar-refractivity contribution in [3.63, 3.8) is 0 Å². The van der Waals surface area contributed by atoms with Crippen LogP contribution >= 0.6 is 0 Å². The molecule has 34 heavy (non-hydrogen) atoms. The van der Waals surface area contributed by atoms with E-state index in [-0.39, 0.29) is 12.8 Å². The summed E-state index contributed by atoms with van der Waals surface area (Å²) < 4.78 is 0. The Balaban J connectivity index is 5.47. The number of aliphatic hydroxyl groups excluding tert-OH is 1. The molecule has 194 valence electrons. The Morgan fingerprint density at radius 2 is 1.12 bits per heavy atom. The number of hydrogen-bond acceptors (Lipinski definition) is 9. The molecule has 4 atom stereocenters. The first kappa shape index (κ1) is 30.7. The van der Waals surface area contributed by atoms with Gasteiger partial charge in [-0.2, -0.15) is 0 Å². The molecule has 0 saturated heterocycles. The number of unbranched alkanes of at least 4 members (excludes halogenated alkanes) is 1. The minimum Gasteiger partial charge on any atom is -0.481 e. The Kier molecular flexibility index (Phi) is 14.7. The van der Waals surface area contributed by atoms with Crippen LogP contribution in [0.4, 0.5) is 0 Å². The van der Waals surface area contributed by atoms with Gasteiger partial charge in [-0.3, -0.25) is 24.0 Å². The normalized spacial score (nSPS) is 14.2. The molecule has 0 aromatic carbocycles. The van der Waals surface area contributed by atoms with Gasteiger partial charge in [0.1, 0.15) is 18.1 Å². The SMILES string of the molecule is NCCCCC(N)C(=O)NC(CCC(=O)O)C(=O)NC(CCC(=O)O)C(=O)NC(CO)C(=O)O. The van der Waals surface area contributed by atoms with E-state index in [1.807, 2.05) is 5.32 Å². The minimum absolute atomic E-state index is 0.262. The molecule has 11 N–H and O–H groups in total. The van der Waals surface area contributed by atoms with Crippen LogP contribution < -0.4 is 27.4 Å². The zero-order chi connectivity index (χ0) is 26.3. The molecule has 0 heterocycles. The van der Waals surface area contributed by atoms with Gasteiger partial charge >= 0.3 is 17.9 Å². The van der Waals surface area contributed by atoms with Crippen molar-refractivity contribution in [2.45, 2.75) is 69.1 Å². The monoisotopic (exact) mass is 491 g/mol. The zero-order valence-electron chi connectivity index (χ0n) is 18.6. The highest BCUT2D eigenvalue weighted by atomic mass is 16.4. The number of carboxylic acids is 3. The third kappa shape index (κ3) is 12.7. The lowest BCUT2D eigenvalue weighted by molar-refractivity contribution is -0.144. The van der Waals surface area contributed by atoms with Crippen molar-refractivity contribution in [3.8, 4) is 0 Å². The van der Waals surface area contributed by atoms with Crippen LogP contribution in [0.2, 0.25) is 0 Å². The van der Waals surface area contributed by atoms with Crippen LogP contribution in [0.1, 0.15) is 44.9 Å². The molecule has 0 aliphatic heterocycles. The molecule has 0 rings (SSSR count). The molecule has 15 nitrogen and oxygen atoms in total. The number of carbonyl (C=O) groups is 6. The fourth-order valence-electron chi connectivity index (χ4n) is 2.72. The number of aliphatic hydroxyl groups is 1. The van der Waals surface area contributed by atoms with Crippen molar-refractivity contribution in [2.75, 3.05) is 13.2 Å². The quantitative estimate of drug-likeness (QED) is 0.0853. The highest BCUT2D eigenvalue weighted by Crippen LogP contribution is 2.05. The molecule has 0 radical (unpaired) electrons. The summed E-state index contributed by atoms with van der Waals surface area (Å²) in [6.45, 7) is -0.559. The molecule has 0 saturated carbocycles. The Morgan fingerprint density at radius 1 is 0.676 bits per heavy atom. The number of hydrogen-bond donors (Lipinski definition) is 9. The van der Waals surface area contributed by atoms with E-state index >= 15 is 0 Å². The molecule has 4 unspecified atom stereocenters. The summed E-state index contributed by atoms with van der Waals surface area (Å²) in [5, 5.41) is 42.4. The fourth-order valence-corrected chi connectivity index (χ4v) is 2.72. The summed E-state index contributed by atoms with van der Waals surface area (Å²) in [7, 11) is 0. The largest absolute Gasteiger partial charge is 0.481 e. The molecule has 3 amide bonds. The maximum Gasteiger partial charge on any atom is 0.328 e. The summed E-state index contributed by atoms with van der Waals surface area (Å²) in [4.78, 5) is 70.4. The molecule has 0 bridgehead atoms. The van der Waals surface area contributed by atoms with Gasteiger partial charge in [0.25, 0.3) is 0 Å². The molecule has 0 aliphatic rings. The van der Waals surface area contributed by atoms with Crippen molar-refractivity contribution >= 4 is 35.6 Å². The van der Waals surface area contributed by atoms with E-state index in [0.29, 0.717) is 19.4 Å². The summed E-state index contributed by atoms with van der Waals surface area (Å²) in [5.74, 6) is -6.94. The average molecular weight is 491 g/mol. The summed E-state index contributed by atoms with van der Waals surface area (Å²) in [6.07, 6.45) is -0.462. The topological polar surface area (TPSA) is 271 Å². The maximum absolute atomic E-state index is 12.8. The first-order valence-corrected chi connectivity index (χ1v) is 10.6. The number of carbonyl (C=O) groups excluding carboxylic acids is 3. The van der Waals surface area contributed by atoms with E-state index < -0.39 is 85.7 Å². The lowest BCUT2D eigenvalue weighted by atomic mass is 10.1. The summed E-state index contributed by atoms with van der Waals surface area (Å²) >= 11 is 0.